The third kappa shape index (κ3) is 5.56. The summed E-state index contributed by atoms with van der Waals surface area (Å²) in [6, 6.07) is 12.7. The summed E-state index contributed by atoms with van der Waals surface area (Å²) in [5.41, 5.74) is 1.67. The molecular weight excluding hydrogens is 458 g/mol. The highest BCUT2D eigenvalue weighted by Gasteiger charge is 2.33. The average Bonchev–Trinajstić information content (AvgIpc) is 3.23. The molecule has 1 aromatic carbocycles. The van der Waals surface area contributed by atoms with Crippen LogP contribution in [0, 0.1) is 17.8 Å². The molecule has 0 saturated heterocycles. The quantitative estimate of drug-likeness (QED) is 0.360. The Morgan fingerprint density at radius 3 is 2.70 bits per heavy atom. The van der Waals surface area contributed by atoms with E-state index in [1.807, 2.05) is 30.3 Å². The number of thiophene rings is 1. The zero-order valence-corrected chi connectivity index (χ0v) is 20.6. The number of carbonyl (C=O) groups excluding carboxylic acids is 2. The number of nitrogens with zero attached hydrogens (tertiary/aromatic N) is 1. The van der Waals surface area contributed by atoms with Gasteiger partial charge in [-0.2, -0.15) is 0 Å². The largest absolute Gasteiger partial charge is 0.460 e. The summed E-state index contributed by atoms with van der Waals surface area (Å²) in [7, 11) is 0. The molecule has 33 heavy (non-hydrogen) atoms. The predicted molar refractivity (Wildman–Crippen MR) is 132 cm³/mol. The molecular formula is C26H28ClNO4S. The molecule has 0 unspecified atom stereocenters. The van der Waals surface area contributed by atoms with E-state index in [0.29, 0.717) is 44.3 Å². The number of para-hydroxylation sites is 1. The number of hydrogen-bond acceptors (Lipinski definition) is 6. The predicted octanol–water partition coefficient (Wildman–Crippen LogP) is 6.78. The van der Waals surface area contributed by atoms with Crippen LogP contribution in [0.2, 0.25) is 4.34 Å². The van der Waals surface area contributed by atoms with Crippen molar-refractivity contribution in [2.75, 3.05) is 6.61 Å². The number of ether oxygens (including phenoxy) is 2. The molecule has 0 bridgehead atoms. The maximum atomic E-state index is 13.0. The van der Waals surface area contributed by atoms with Crippen LogP contribution in [-0.4, -0.2) is 29.6 Å². The van der Waals surface area contributed by atoms with Gasteiger partial charge in [0.15, 0.2) is 6.61 Å². The van der Waals surface area contributed by atoms with E-state index in [1.54, 1.807) is 12.1 Å². The van der Waals surface area contributed by atoms with Gasteiger partial charge in [-0.3, -0.25) is 0 Å². The molecule has 1 aliphatic carbocycles. The first-order valence-electron chi connectivity index (χ1n) is 11.3. The van der Waals surface area contributed by atoms with Gasteiger partial charge in [-0.15, -0.1) is 11.3 Å². The first kappa shape index (κ1) is 23.7. The lowest BCUT2D eigenvalue weighted by Crippen LogP contribution is -2.36. The molecule has 0 spiro atoms. The first-order chi connectivity index (χ1) is 15.8. The second kappa shape index (κ2) is 10.2. The third-order valence-electron chi connectivity index (χ3n) is 6.33. The number of halogens is 1. The second-order valence-corrected chi connectivity index (χ2v) is 10.8. The van der Waals surface area contributed by atoms with E-state index in [2.05, 4.69) is 25.8 Å². The van der Waals surface area contributed by atoms with Crippen LogP contribution in [0.1, 0.15) is 50.4 Å². The van der Waals surface area contributed by atoms with Crippen molar-refractivity contribution >= 4 is 45.8 Å². The Bertz CT molecular complexity index is 1160. The van der Waals surface area contributed by atoms with E-state index in [1.165, 1.54) is 11.3 Å². The van der Waals surface area contributed by atoms with Crippen molar-refractivity contribution < 1.29 is 19.1 Å². The molecule has 174 valence electrons. The third-order valence-corrected chi connectivity index (χ3v) is 7.58. The van der Waals surface area contributed by atoms with Crippen molar-refractivity contribution in [3.63, 3.8) is 0 Å². The number of pyridine rings is 1. The Hall–Kier alpha value is -2.44. The van der Waals surface area contributed by atoms with Crippen LogP contribution in [0.5, 0.6) is 0 Å². The normalized spacial score (nSPS) is 20.7. The van der Waals surface area contributed by atoms with Gasteiger partial charge in [-0.05, 0) is 54.9 Å². The van der Waals surface area contributed by atoms with Gasteiger partial charge in [0.2, 0.25) is 0 Å². The molecule has 7 heteroatoms. The Balaban J connectivity index is 1.49. The second-order valence-electron chi connectivity index (χ2n) is 9.11. The lowest BCUT2D eigenvalue weighted by molar-refractivity contribution is -0.159. The van der Waals surface area contributed by atoms with E-state index in [-0.39, 0.29) is 6.10 Å². The molecule has 0 aliphatic heterocycles. The Morgan fingerprint density at radius 1 is 1.18 bits per heavy atom. The highest BCUT2D eigenvalue weighted by molar-refractivity contribution is 7.19. The van der Waals surface area contributed by atoms with E-state index < -0.39 is 18.5 Å². The van der Waals surface area contributed by atoms with Crippen LogP contribution in [0.3, 0.4) is 0 Å². The number of aromatic nitrogens is 1. The van der Waals surface area contributed by atoms with Gasteiger partial charge >= 0.3 is 11.9 Å². The van der Waals surface area contributed by atoms with E-state index in [9.17, 15) is 9.59 Å². The van der Waals surface area contributed by atoms with Crippen LogP contribution in [0.4, 0.5) is 0 Å². The summed E-state index contributed by atoms with van der Waals surface area (Å²) in [4.78, 5) is 31.1. The molecule has 1 aliphatic rings. The average molecular weight is 486 g/mol. The molecule has 5 nitrogen and oxygen atoms in total. The van der Waals surface area contributed by atoms with Crippen LogP contribution < -0.4 is 0 Å². The van der Waals surface area contributed by atoms with Crippen molar-refractivity contribution in [3.05, 3.63) is 52.4 Å². The standard InChI is InChI=1S/C26H28ClNO4S/c1-15(2)17-9-8-16(3)12-22(17)32-25(29)14-31-26(30)19-13-21(23-10-11-24(27)33-23)28-20-7-5-4-6-18(19)20/h4-7,10-11,13,15-17,22H,8-9,12,14H2,1-3H3/t16-,17+,22+/m1/s1. The molecule has 3 atom stereocenters. The van der Waals surface area contributed by atoms with Gasteiger partial charge in [-0.25, -0.2) is 14.6 Å². The van der Waals surface area contributed by atoms with E-state index >= 15 is 0 Å². The SMILES string of the molecule is CC(C)[C@@H]1CC[C@@H](C)C[C@@H]1OC(=O)COC(=O)c1cc(-c2ccc(Cl)s2)nc2ccccc12. The smallest absolute Gasteiger partial charge is 0.344 e. The van der Waals surface area contributed by atoms with Crippen molar-refractivity contribution in [2.45, 2.75) is 46.1 Å². The maximum absolute atomic E-state index is 13.0. The van der Waals surface area contributed by atoms with Crippen LogP contribution >= 0.6 is 22.9 Å². The van der Waals surface area contributed by atoms with E-state index in [0.717, 1.165) is 24.1 Å². The summed E-state index contributed by atoms with van der Waals surface area (Å²) in [5.74, 6) is 0.215. The van der Waals surface area contributed by atoms with Crippen molar-refractivity contribution in [2.24, 2.45) is 17.8 Å². The highest BCUT2D eigenvalue weighted by atomic mass is 35.5. The lowest BCUT2D eigenvalue weighted by Gasteiger charge is -2.36. The molecule has 2 aromatic heterocycles. The van der Waals surface area contributed by atoms with Gasteiger partial charge < -0.3 is 9.47 Å². The maximum Gasteiger partial charge on any atom is 0.344 e. The minimum absolute atomic E-state index is 0.128. The molecule has 0 amide bonds. The molecule has 2 heterocycles. The summed E-state index contributed by atoms with van der Waals surface area (Å²) in [6.07, 6.45) is 2.93. The van der Waals surface area contributed by atoms with Gasteiger partial charge in [-0.1, -0.05) is 57.0 Å². The van der Waals surface area contributed by atoms with Gasteiger partial charge in [0.05, 0.1) is 26.0 Å². The highest BCUT2D eigenvalue weighted by Crippen LogP contribution is 2.35. The minimum atomic E-state index is -0.577. The van der Waals surface area contributed by atoms with Gasteiger partial charge in [0.1, 0.15) is 6.10 Å². The van der Waals surface area contributed by atoms with Crippen LogP contribution in [0.25, 0.3) is 21.5 Å². The van der Waals surface area contributed by atoms with Gasteiger partial charge in [0.25, 0.3) is 0 Å². The molecule has 0 N–H and O–H groups in total. The number of carbonyl (C=O) groups is 2. The monoisotopic (exact) mass is 485 g/mol. The van der Waals surface area contributed by atoms with E-state index in [4.69, 9.17) is 21.1 Å². The Labute approximate surface area is 203 Å². The van der Waals surface area contributed by atoms with Crippen LogP contribution in [0.15, 0.2) is 42.5 Å². The summed E-state index contributed by atoms with van der Waals surface area (Å²) >= 11 is 7.47. The fourth-order valence-corrected chi connectivity index (χ4v) is 5.58. The van der Waals surface area contributed by atoms with Crippen LogP contribution in [-0.2, 0) is 14.3 Å². The number of esters is 2. The summed E-state index contributed by atoms with van der Waals surface area (Å²) < 4.78 is 11.8. The lowest BCUT2D eigenvalue weighted by atomic mass is 9.75. The molecule has 1 saturated carbocycles. The number of rotatable bonds is 6. The van der Waals surface area contributed by atoms with Crippen molar-refractivity contribution in [3.8, 4) is 10.6 Å². The van der Waals surface area contributed by atoms with Crippen molar-refractivity contribution in [1.29, 1.82) is 0 Å². The molecule has 4 rings (SSSR count). The Morgan fingerprint density at radius 2 is 1.97 bits per heavy atom. The molecule has 0 radical (unpaired) electrons. The summed E-state index contributed by atoms with van der Waals surface area (Å²) in [5, 5.41) is 0.670. The molecule has 1 fully saturated rings. The zero-order chi connectivity index (χ0) is 23.5. The molecule has 3 aromatic rings. The zero-order valence-electron chi connectivity index (χ0n) is 19.0. The number of benzene rings is 1. The summed E-state index contributed by atoms with van der Waals surface area (Å²) in [6.45, 7) is 6.10. The minimum Gasteiger partial charge on any atom is -0.460 e. The van der Waals surface area contributed by atoms with Gasteiger partial charge in [0, 0.05) is 5.39 Å². The first-order valence-corrected chi connectivity index (χ1v) is 12.5. The fraction of sp³-hybridized carbons (Fsp3) is 0.423. The van der Waals surface area contributed by atoms with Crippen molar-refractivity contribution in [1.82, 2.24) is 4.98 Å². The topological polar surface area (TPSA) is 65.5 Å². The fourth-order valence-electron chi connectivity index (χ4n) is 4.58. The number of fused-ring (bicyclic) bond motifs is 1. The number of hydrogen-bond donors (Lipinski definition) is 0. The Kier molecular flexibility index (Phi) is 7.35.